The van der Waals surface area contributed by atoms with E-state index in [-0.39, 0.29) is 11.7 Å². The number of hydrogen-bond donors (Lipinski definition) is 1. The number of anilines is 1. The Morgan fingerprint density at radius 2 is 1.65 bits per heavy atom. The van der Waals surface area contributed by atoms with Gasteiger partial charge < -0.3 is 5.32 Å². The van der Waals surface area contributed by atoms with Gasteiger partial charge in [-0.1, -0.05) is 23.5 Å². The number of rotatable bonds is 5. The van der Waals surface area contributed by atoms with Crippen molar-refractivity contribution in [3.8, 4) is 0 Å². The molecule has 0 saturated heterocycles. The Kier molecular flexibility index (Phi) is 8.38. The lowest BCUT2D eigenvalue weighted by molar-refractivity contribution is -0.113. The maximum atomic E-state index is 12.2. The largest absolute Gasteiger partial charge is 0.323 e. The van der Waals surface area contributed by atoms with Crippen molar-refractivity contribution in [3.05, 3.63) is 22.4 Å². The Labute approximate surface area is 187 Å². The summed E-state index contributed by atoms with van der Waals surface area (Å²) in [6.07, 6.45) is 1.92. The molecule has 1 aromatic heterocycles. The fraction of sp³-hybridized carbons (Fsp3) is 0.182. The van der Waals surface area contributed by atoms with Gasteiger partial charge in [0.05, 0.1) is 20.4 Å². The summed E-state index contributed by atoms with van der Waals surface area (Å²) < 4.78 is 8.91. The minimum Gasteiger partial charge on any atom is -0.323 e. The van der Waals surface area contributed by atoms with Gasteiger partial charge >= 0.3 is 0 Å². The van der Waals surface area contributed by atoms with Crippen LogP contribution < -0.4 is 5.32 Å². The molecule has 23 heavy (non-hydrogen) atoms. The van der Waals surface area contributed by atoms with Crippen LogP contribution in [0.4, 0.5) is 5.69 Å². The molecule has 0 aliphatic rings. The molecular formula is C11H6Br5N3OS3. The maximum Gasteiger partial charge on any atom is 0.234 e. The van der Waals surface area contributed by atoms with Crippen molar-refractivity contribution < 1.29 is 4.79 Å². The number of benzene rings is 1. The minimum absolute atomic E-state index is 0.126. The highest BCUT2D eigenvalue weighted by Gasteiger charge is 2.19. The molecule has 1 aromatic carbocycles. The molecule has 0 bridgehead atoms. The normalized spacial score (nSPS) is 10.9. The summed E-state index contributed by atoms with van der Waals surface area (Å²) in [6, 6.07) is 0. The zero-order valence-electron chi connectivity index (χ0n) is 11.1. The molecule has 4 nitrogen and oxygen atoms in total. The predicted molar refractivity (Wildman–Crippen MR) is 116 cm³/mol. The molecule has 0 saturated carbocycles. The molecule has 12 heteroatoms. The quantitative estimate of drug-likeness (QED) is 0.213. The van der Waals surface area contributed by atoms with E-state index in [2.05, 4.69) is 94.3 Å². The van der Waals surface area contributed by atoms with Crippen molar-refractivity contribution in [1.82, 2.24) is 9.36 Å². The number of amides is 1. The van der Waals surface area contributed by atoms with Crippen molar-refractivity contribution in [2.45, 2.75) is 9.50 Å². The first-order valence-corrected chi connectivity index (χ1v) is 12.6. The van der Waals surface area contributed by atoms with E-state index in [0.717, 1.165) is 31.9 Å². The first-order chi connectivity index (χ1) is 10.8. The second-order valence-electron chi connectivity index (χ2n) is 3.83. The van der Waals surface area contributed by atoms with Crippen LogP contribution in [-0.4, -0.2) is 27.3 Å². The van der Waals surface area contributed by atoms with Crippen molar-refractivity contribution in [2.24, 2.45) is 0 Å². The van der Waals surface area contributed by atoms with Crippen LogP contribution in [0, 0.1) is 0 Å². The first kappa shape index (κ1) is 20.7. The molecular weight excluding hydrogens is 686 g/mol. The molecule has 2 aromatic rings. The molecule has 0 fully saturated rings. The molecule has 0 radical (unpaired) electrons. The molecule has 0 aliphatic heterocycles. The van der Waals surface area contributed by atoms with Crippen molar-refractivity contribution in [3.63, 3.8) is 0 Å². The van der Waals surface area contributed by atoms with Crippen molar-refractivity contribution in [1.29, 1.82) is 0 Å². The van der Waals surface area contributed by atoms with Gasteiger partial charge in [-0.3, -0.25) is 4.79 Å². The van der Waals surface area contributed by atoms with E-state index < -0.39 is 0 Å². The number of aromatic nitrogens is 2. The first-order valence-electron chi connectivity index (χ1n) is 5.67. The average molecular weight is 692 g/mol. The highest BCUT2D eigenvalue weighted by atomic mass is 79.9. The SMILES string of the molecule is CSc1nsc(SCC(=O)Nc2c(Br)c(Br)c(Br)c(Br)c2Br)n1. The van der Waals surface area contributed by atoms with Gasteiger partial charge in [0.2, 0.25) is 11.1 Å². The lowest BCUT2D eigenvalue weighted by Crippen LogP contribution is -2.15. The van der Waals surface area contributed by atoms with E-state index in [1.54, 1.807) is 0 Å². The Bertz CT molecular complexity index is 726. The number of carbonyl (C=O) groups is 1. The third-order valence-corrected chi connectivity index (χ3v) is 11.0. The van der Waals surface area contributed by atoms with Crippen LogP contribution in [0.25, 0.3) is 0 Å². The van der Waals surface area contributed by atoms with Gasteiger partial charge in [-0.2, -0.15) is 4.37 Å². The highest BCUT2D eigenvalue weighted by Crippen LogP contribution is 2.47. The maximum absolute atomic E-state index is 12.2. The van der Waals surface area contributed by atoms with Crippen LogP contribution in [0.15, 0.2) is 31.9 Å². The third kappa shape index (κ3) is 5.18. The van der Waals surface area contributed by atoms with Gasteiger partial charge in [-0.05, 0) is 97.4 Å². The second-order valence-corrected chi connectivity index (χ2v) is 10.5. The number of nitrogens with one attached hydrogen (secondary N) is 1. The number of hydrogen-bond acceptors (Lipinski definition) is 6. The highest BCUT2D eigenvalue weighted by molar-refractivity contribution is 9.15. The van der Waals surface area contributed by atoms with Gasteiger partial charge in [0.1, 0.15) is 0 Å². The van der Waals surface area contributed by atoms with Crippen LogP contribution in [0.5, 0.6) is 0 Å². The van der Waals surface area contributed by atoms with Gasteiger partial charge in [0.15, 0.2) is 4.34 Å². The number of carbonyl (C=O) groups excluding carboxylic acids is 1. The Hall–Kier alpha value is 1.35. The average Bonchev–Trinajstić information content (AvgIpc) is 3.01. The summed E-state index contributed by atoms with van der Waals surface area (Å²) in [7, 11) is 0. The van der Waals surface area contributed by atoms with Gasteiger partial charge in [0.25, 0.3) is 0 Å². The second kappa shape index (κ2) is 9.33. The number of thioether (sulfide) groups is 2. The predicted octanol–water partition coefficient (Wildman–Crippen LogP) is 6.80. The monoisotopic (exact) mass is 687 g/mol. The summed E-state index contributed by atoms with van der Waals surface area (Å²) >= 11 is 21.5. The van der Waals surface area contributed by atoms with Gasteiger partial charge in [-0.25, -0.2) is 4.98 Å². The standard InChI is InChI=1S/C11H6Br5N3OS3/c1-21-10-18-11(23-19-10)22-2-3(20)17-9-7(15)5(13)4(12)6(14)8(9)16/h2H2,1H3,(H,17,20). The van der Waals surface area contributed by atoms with Crippen LogP contribution in [0.3, 0.4) is 0 Å². The van der Waals surface area contributed by atoms with E-state index in [1.807, 2.05) is 6.26 Å². The van der Waals surface area contributed by atoms with Crippen LogP contribution >= 0.6 is 115 Å². The summed E-state index contributed by atoms with van der Waals surface area (Å²) in [5.41, 5.74) is 0.652. The summed E-state index contributed by atoms with van der Waals surface area (Å²) in [6.45, 7) is 0. The fourth-order valence-corrected chi connectivity index (χ4v) is 6.61. The molecule has 124 valence electrons. The molecule has 1 heterocycles. The Morgan fingerprint density at radius 3 is 2.17 bits per heavy atom. The molecule has 0 aliphatic carbocycles. The summed E-state index contributed by atoms with van der Waals surface area (Å²) in [5, 5.41) is 3.62. The molecule has 2 rings (SSSR count). The zero-order chi connectivity index (χ0) is 17.1. The summed E-state index contributed by atoms with van der Waals surface area (Å²) in [4.78, 5) is 16.5. The van der Waals surface area contributed by atoms with E-state index >= 15 is 0 Å². The zero-order valence-corrected chi connectivity index (χ0v) is 21.5. The number of nitrogens with zero attached hydrogens (tertiary/aromatic N) is 2. The topological polar surface area (TPSA) is 54.9 Å². The summed E-state index contributed by atoms with van der Waals surface area (Å²) in [5.74, 6) is 0.131. The van der Waals surface area contributed by atoms with Crippen LogP contribution in [-0.2, 0) is 4.79 Å². The number of halogens is 5. The Balaban J connectivity index is 2.08. The third-order valence-electron chi connectivity index (χ3n) is 2.37. The molecule has 0 atom stereocenters. The van der Waals surface area contributed by atoms with E-state index in [0.29, 0.717) is 5.69 Å². The van der Waals surface area contributed by atoms with E-state index in [4.69, 9.17) is 0 Å². The lowest BCUT2D eigenvalue weighted by Gasteiger charge is -2.14. The van der Waals surface area contributed by atoms with Gasteiger partial charge in [-0.15, -0.1) is 0 Å². The van der Waals surface area contributed by atoms with E-state index in [1.165, 1.54) is 35.1 Å². The lowest BCUT2D eigenvalue weighted by atomic mass is 10.3. The van der Waals surface area contributed by atoms with Crippen LogP contribution in [0.2, 0.25) is 0 Å². The molecule has 0 spiro atoms. The molecule has 1 N–H and O–H groups in total. The van der Waals surface area contributed by atoms with E-state index in [9.17, 15) is 4.79 Å². The van der Waals surface area contributed by atoms with Gasteiger partial charge in [0, 0.05) is 13.4 Å². The molecule has 1 amide bonds. The smallest absolute Gasteiger partial charge is 0.234 e. The van der Waals surface area contributed by atoms with Crippen molar-refractivity contribution >= 4 is 126 Å². The van der Waals surface area contributed by atoms with Crippen molar-refractivity contribution in [2.75, 3.05) is 17.3 Å². The van der Waals surface area contributed by atoms with Crippen LogP contribution in [0.1, 0.15) is 0 Å². The fourth-order valence-electron chi connectivity index (χ4n) is 1.36. The Morgan fingerprint density at radius 1 is 1.09 bits per heavy atom. The minimum atomic E-state index is -0.126. The molecule has 0 unspecified atom stereocenters.